The molecule has 0 aliphatic heterocycles. The van der Waals surface area contributed by atoms with Crippen molar-refractivity contribution in [2.75, 3.05) is 33.9 Å². The molecule has 0 spiro atoms. The number of nitrogens with one attached hydrogen (secondary N) is 2. The fraction of sp³-hybridized carbons (Fsp3) is 0.409. The lowest BCUT2D eigenvalue weighted by atomic mass is 10.1. The largest absolute Gasteiger partial charge is 0.493 e. The first-order valence-corrected chi connectivity index (χ1v) is 9.75. The molecular formula is C22H31FIN3O3. The van der Waals surface area contributed by atoms with Crippen LogP contribution in [0.25, 0.3) is 0 Å². The average Bonchev–Trinajstić information content (AvgIpc) is 2.73. The van der Waals surface area contributed by atoms with Gasteiger partial charge in [0.1, 0.15) is 0 Å². The summed E-state index contributed by atoms with van der Waals surface area (Å²) in [6.07, 6.45) is 0.794. The maximum Gasteiger partial charge on any atom is 0.191 e. The van der Waals surface area contributed by atoms with Gasteiger partial charge in [0, 0.05) is 13.1 Å². The maximum absolute atomic E-state index is 14.0. The van der Waals surface area contributed by atoms with Gasteiger partial charge < -0.3 is 24.8 Å². The Morgan fingerprint density at radius 2 is 1.63 bits per heavy atom. The van der Waals surface area contributed by atoms with Crippen LogP contribution in [0.15, 0.2) is 41.4 Å². The van der Waals surface area contributed by atoms with Crippen LogP contribution in [0.3, 0.4) is 0 Å². The first-order chi connectivity index (χ1) is 14.1. The Morgan fingerprint density at radius 3 is 2.27 bits per heavy atom. The molecule has 6 nitrogen and oxygen atoms in total. The van der Waals surface area contributed by atoms with E-state index in [1.165, 1.54) is 6.07 Å². The fourth-order valence-electron chi connectivity index (χ4n) is 2.79. The monoisotopic (exact) mass is 531 g/mol. The van der Waals surface area contributed by atoms with Crippen LogP contribution in [0.2, 0.25) is 0 Å². The van der Waals surface area contributed by atoms with Crippen LogP contribution in [-0.4, -0.2) is 39.9 Å². The van der Waals surface area contributed by atoms with Crippen LogP contribution < -0.4 is 24.8 Å². The smallest absolute Gasteiger partial charge is 0.191 e. The van der Waals surface area contributed by atoms with Crippen LogP contribution in [0.1, 0.15) is 25.0 Å². The number of hydrogen-bond acceptors (Lipinski definition) is 4. The third-order valence-corrected chi connectivity index (χ3v) is 4.21. The summed E-state index contributed by atoms with van der Waals surface area (Å²) in [6, 6.07) is 10.8. The van der Waals surface area contributed by atoms with Crippen molar-refractivity contribution < 1.29 is 18.6 Å². The Morgan fingerprint density at radius 1 is 0.933 bits per heavy atom. The minimum Gasteiger partial charge on any atom is -0.493 e. The van der Waals surface area contributed by atoms with E-state index in [0.29, 0.717) is 37.2 Å². The molecule has 0 saturated carbocycles. The number of aliphatic imine (C=N–C) groups is 1. The molecule has 0 aliphatic carbocycles. The van der Waals surface area contributed by atoms with E-state index in [1.807, 2.05) is 38.1 Å². The first kappa shape index (κ1) is 25.8. The van der Waals surface area contributed by atoms with Gasteiger partial charge in [0.2, 0.25) is 0 Å². The Hall–Kier alpha value is -2.23. The molecule has 0 aromatic heterocycles. The Bertz CT molecular complexity index is 818. The highest BCUT2D eigenvalue weighted by Crippen LogP contribution is 2.27. The summed E-state index contributed by atoms with van der Waals surface area (Å²) in [4.78, 5) is 4.54. The molecule has 0 bridgehead atoms. The van der Waals surface area contributed by atoms with Crippen molar-refractivity contribution >= 4 is 29.9 Å². The summed E-state index contributed by atoms with van der Waals surface area (Å²) in [6.45, 7) is 6.06. The summed E-state index contributed by atoms with van der Waals surface area (Å²) in [5.41, 5.74) is 1.91. The molecule has 0 saturated heterocycles. The molecule has 30 heavy (non-hydrogen) atoms. The van der Waals surface area contributed by atoms with Gasteiger partial charge in [-0.3, -0.25) is 0 Å². The van der Waals surface area contributed by atoms with Gasteiger partial charge in [0.05, 0.1) is 27.4 Å². The highest BCUT2D eigenvalue weighted by atomic mass is 127. The van der Waals surface area contributed by atoms with Crippen LogP contribution in [0, 0.1) is 5.82 Å². The predicted octanol–water partition coefficient (Wildman–Crippen LogP) is 4.16. The van der Waals surface area contributed by atoms with Crippen LogP contribution in [-0.2, 0) is 13.0 Å². The zero-order chi connectivity index (χ0) is 21.1. The van der Waals surface area contributed by atoms with Gasteiger partial charge in [0.15, 0.2) is 29.0 Å². The van der Waals surface area contributed by atoms with Crippen LogP contribution in [0.4, 0.5) is 4.39 Å². The van der Waals surface area contributed by atoms with E-state index < -0.39 is 0 Å². The summed E-state index contributed by atoms with van der Waals surface area (Å²) in [5, 5.41) is 6.50. The van der Waals surface area contributed by atoms with Crippen molar-refractivity contribution in [1.82, 2.24) is 10.6 Å². The van der Waals surface area contributed by atoms with Crippen LogP contribution >= 0.6 is 24.0 Å². The number of ether oxygens (including phenoxy) is 3. The van der Waals surface area contributed by atoms with E-state index in [4.69, 9.17) is 14.2 Å². The van der Waals surface area contributed by atoms with Gasteiger partial charge >= 0.3 is 0 Å². The number of rotatable bonds is 10. The van der Waals surface area contributed by atoms with Crippen molar-refractivity contribution in [3.8, 4) is 17.2 Å². The van der Waals surface area contributed by atoms with Gasteiger partial charge in [-0.1, -0.05) is 12.1 Å². The zero-order valence-corrected chi connectivity index (χ0v) is 20.3. The van der Waals surface area contributed by atoms with E-state index in [-0.39, 0.29) is 35.5 Å². The minimum absolute atomic E-state index is 0. The molecule has 0 radical (unpaired) electrons. The predicted molar refractivity (Wildman–Crippen MR) is 129 cm³/mol. The third kappa shape index (κ3) is 7.89. The number of guanidine groups is 1. The summed E-state index contributed by atoms with van der Waals surface area (Å²) in [5.74, 6) is 2.00. The number of hydrogen-bond donors (Lipinski definition) is 2. The fourth-order valence-corrected chi connectivity index (χ4v) is 2.79. The Labute approximate surface area is 195 Å². The second kappa shape index (κ2) is 13.9. The summed E-state index contributed by atoms with van der Waals surface area (Å²) < 4.78 is 29.8. The molecule has 0 amide bonds. The SMILES string of the molecule is CCNC(=NCc1ccc(OCC)c(F)c1)NCCc1ccc(OC)c(OC)c1.I. The van der Waals surface area contributed by atoms with E-state index in [9.17, 15) is 4.39 Å². The van der Waals surface area contributed by atoms with Gasteiger partial charge in [-0.2, -0.15) is 0 Å². The summed E-state index contributed by atoms with van der Waals surface area (Å²) in [7, 11) is 3.24. The van der Waals surface area contributed by atoms with Crippen molar-refractivity contribution in [3.63, 3.8) is 0 Å². The normalized spacial score (nSPS) is 10.8. The molecule has 2 aromatic carbocycles. The second-order valence-corrected chi connectivity index (χ2v) is 6.26. The van der Waals surface area contributed by atoms with E-state index in [2.05, 4.69) is 15.6 Å². The molecule has 166 valence electrons. The average molecular weight is 531 g/mol. The summed E-state index contributed by atoms with van der Waals surface area (Å²) >= 11 is 0. The molecule has 0 unspecified atom stereocenters. The lowest BCUT2D eigenvalue weighted by Gasteiger charge is -2.13. The van der Waals surface area contributed by atoms with Crippen molar-refractivity contribution in [3.05, 3.63) is 53.3 Å². The molecule has 0 aliphatic rings. The molecule has 2 aromatic rings. The topological polar surface area (TPSA) is 64.1 Å². The van der Waals surface area contributed by atoms with Crippen LogP contribution in [0.5, 0.6) is 17.2 Å². The Balaban J connectivity index is 0.00000450. The van der Waals surface area contributed by atoms with Gasteiger partial charge in [-0.15, -0.1) is 24.0 Å². The molecule has 0 atom stereocenters. The number of nitrogens with zero attached hydrogens (tertiary/aromatic N) is 1. The number of methoxy groups -OCH3 is 2. The highest BCUT2D eigenvalue weighted by molar-refractivity contribution is 14.0. The molecule has 0 heterocycles. The lowest BCUT2D eigenvalue weighted by molar-refractivity contribution is 0.321. The second-order valence-electron chi connectivity index (χ2n) is 6.26. The van der Waals surface area contributed by atoms with Crippen molar-refractivity contribution in [2.24, 2.45) is 4.99 Å². The van der Waals surface area contributed by atoms with Gasteiger partial charge in [-0.05, 0) is 55.7 Å². The van der Waals surface area contributed by atoms with Gasteiger partial charge in [-0.25, -0.2) is 9.38 Å². The lowest BCUT2D eigenvalue weighted by Crippen LogP contribution is -2.38. The van der Waals surface area contributed by atoms with Crippen molar-refractivity contribution in [1.29, 1.82) is 0 Å². The molecular weight excluding hydrogens is 500 g/mol. The quantitative estimate of drug-likeness (QED) is 0.274. The molecule has 0 fully saturated rings. The van der Waals surface area contributed by atoms with E-state index in [0.717, 1.165) is 24.1 Å². The third-order valence-electron chi connectivity index (χ3n) is 4.21. The van der Waals surface area contributed by atoms with Gasteiger partial charge in [0.25, 0.3) is 0 Å². The van der Waals surface area contributed by atoms with E-state index in [1.54, 1.807) is 20.3 Å². The molecule has 8 heteroatoms. The van der Waals surface area contributed by atoms with E-state index >= 15 is 0 Å². The zero-order valence-electron chi connectivity index (χ0n) is 18.0. The maximum atomic E-state index is 14.0. The molecule has 2 rings (SSSR count). The minimum atomic E-state index is -0.369. The number of halogens is 2. The molecule has 2 N–H and O–H groups in total. The first-order valence-electron chi connectivity index (χ1n) is 9.75. The standard InChI is InChI=1S/C22H30FN3O3.HI/c1-5-24-22(26-15-17-8-9-19(29-6-2)18(23)13-17)25-12-11-16-7-10-20(27-3)21(14-16)28-4;/h7-10,13-14H,5-6,11-12,15H2,1-4H3,(H2,24,25,26);1H. The highest BCUT2D eigenvalue weighted by Gasteiger charge is 2.06. The number of benzene rings is 2. The Kier molecular flexibility index (Phi) is 12.0. The van der Waals surface area contributed by atoms with Crippen molar-refractivity contribution in [2.45, 2.75) is 26.8 Å².